The zero-order valence-corrected chi connectivity index (χ0v) is 11.0. The van der Waals surface area contributed by atoms with Crippen LogP contribution in [0, 0.1) is 6.57 Å². The lowest BCUT2D eigenvalue weighted by atomic mass is 10.4. The van der Waals surface area contributed by atoms with Gasteiger partial charge in [0.2, 0.25) is 11.6 Å². The molecule has 92 valence electrons. The van der Waals surface area contributed by atoms with Crippen molar-refractivity contribution >= 4 is 28.9 Å². The second-order valence-corrected chi connectivity index (χ2v) is 4.23. The lowest BCUT2D eigenvalue weighted by molar-refractivity contribution is 0.0545. The number of ether oxygens (including phenoxy) is 2. The molecule has 4 nitrogen and oxygen atoms in total. The number of rotatable bonds is 5. The van der Waals surface area contributed by atoms with Crippen LogP contribution in [0.2, 0.25) is 10.2 Å². The van der Waals surface area contributed by atoms with Crippen LogP contribution < -0.4 is 4.74 Å². The number of halogens is 2. The van der Waals surface area contributed by atoms with Gasteiger partial charge in [-0.15, -0.1) is 0 Å². The predicted octanol–water partition coefficient (Wildman–Crippen LogP) is 3.74. The van der Waals surface area contributed by atoms with Crippen LogP contribution in [0.25, 0.3) is 4.85 Å². The summed E-state index contributed by atoms with van der Waals surface area (Å²) in [6.07, 6.45) is 0.140. The van der Waals surface area contributed by atoms with Crippen LogP contribution in [0.1, 0.15) is 13.8 Å². The topological polar surface area (TPSA) is 35.7 Å². The zero-order valence-electron chi connectivity index (χ0n) is 9.54. The van der Waals surface area contributed by atoms with E-state index in [9.17, 15) is 0 Å². The highest BCUT2D eigenvalue weighted by atomic mass is 35.5. The average Bonchev–Trinajstić information content (AvgIpc) is 2.28. The molecule has 0 aromatic carbocycles. The Kier molecular flexibility index (Phi) is 5.49. The Bertz CT molecular complexity index is 430. The number of aromatic nitrogens is 1. The molecule has 1 aromatic rings. The van der Waals surface area contributed by atoms with E-state index >= 15 is 0 Å². The van der Waals surface area contributed by atoms with Crippen molar-refractivity contribution in [1.29, 1.82) is 0 Å². The molecule has 1 heterocycles. The summed E-state index contributed by atoms with van der Waals surface area (Å²) in [7, 11) is 0. The van der Waals surface area contributed by atoms with Crippen LogP contribution >= 0.6 is 23.2 Å². The fourth-order valence-corrected chi connectivity index (χ4v) is 1.33. The molecule has 0 unspecified atom stereocenters. The second-order valence-electron chi connectivity index (χ2n) is 3.47. The monoisotopic (exact) mass is 274 g/mol. The van der Waals surface area contributed by atoms with E-state index in [0.29, 0.717) is 13.2 Å². The first-order valence-corrected chi connectivity index (χ1v) is 5.78. The summed E-state index contributed by atoms with van der Waals surface area (Å²) in [6, 6.07) is 1.43. The van der Waals surface area contributed by atoms with Gasteiger partial charge in [0.15, 0.2) is 0 Å². The maximum absolute atomic E-state index is 6.97. The second kappa shape index (κ2) is 6.65. The van der Waals surface area contributed by atoms with Gasteiger partial charge in [-0.05, 0) is 19.9 Å². The van der Waals surface area contributed by atoms with Crippen molar-refractivity contribution in [2.45, 2.75) is 20.0 Å². The quantitative estimate of drug-likeness (QED) is 0.466. The van der Waals surface area contributed by atoms with E-state index in [2.05, 4.69) is 9.83 Å². The minimum absolute atomic E-state index is 0.124. The van der Waals surface area contributed by atoms with Gasteiger partial charge in [-0.25, -0.2) is 9.83 Å². The molecule has 17 heavy (non-hydrogen) atoms. The summed E-state index contributed by atoms with van der Waals surface area (Å²) in [5, 5.41) is 0.363. The molecule has 0 radical (unpaired) electrons. The van der Waals surface area contributed by atoms with Gasteiger partial charge in [0, 0.05) is 0 Å². The summed E-state index contributed by atoms with van der Waals surface area (Å²) in [5.41, 5.74) is 0.240. The molecule has 1 aromatic heterocycles. The van der Waals surface area contributed by atoms with Gasteiger partial charge in [0.1, 0.15) is 11.8 Å². The molecular weight excluding hydrogens is 263 g/mol. The molecule has 0 N–H and O–H groups in total. The highest BCUT2D eigenvalue weighted by molar-refractivity contribution is 6.41. The van der Waals surface area contributed by atoms with Crippen LogP contribution in [0.3, 0.4) is 0 Å². The zero-order chi connectivity index (χ0) is 12.8. The normalized spacial score (nSPS) is 10.4. The first-order valence-electron chi connectivity index (χ1n) is 5.02. The van der Waals surface area contributed by atoms with E-state index in [-0.39, 0.29) is 27.8 Å². The molecule has 0 saturated carbocycles. The third kappa shape index (κ3) is 4.39. The van der Waals surface area contributed by atoms with Crippen LogP contribution in [-0.2, 0) is 4.74 Å². The van der Waals surface area contributed by atoms with E-state index in [1.165, 1.54) is 6.07 Å². The maximum Gasteiger partial charge on any atom is 0.248 e. The number of hydrogen-bond acceptors (Lipinski definition) is 3. The molecule has 0 bridgehead atoms. The molecule has 0 amide bonds. The van der Waals surface area contributed by atoms with Gasteiger partial charge in [-0.3, -0.25) is 0 Å². The molecule has 0 aliphatic carbocycles. The first-order chi connectivity index (χ1) is 8.04. The van der Waals surface area contributed by atoms with Crippen molar-refractivity contribution in [3.63, 3.8) is 0 Å². The fraction of sp³-hybridized carbons (Fsp3) is 0.455. The van der Waals surface area contributed by atoms with Crippen molar-refractivity contribution in [3.8, 4) is 5.88 Å². The van der Waals surface area contributed by atoms with E-state index in [0.717, 1.165) is 0 Å². The Morgan fingerprint density at radius 3 is 2.71 bits per heavy atom. The minimum Gasteiger partial charge on any atom is -0.484 e. The lowest BCUT2D eigenvalue weighted by Crippen LogP contribution is -2.11. The molecule has 1 rings (SSSR count). The fourth-order valence-electron chi connectivity index (χ4n) is 1.05. The van der Waals surface area contributed by atoms with Gasteiger partial charge >= 0.3 is 0 Å². The molecule has 0 aliphatic rings. The third-order valence-corrected chi connectivity index (χ3v) is 2.45. The number of pyridine rings is 1. The van der Waals surface area contributed by atoms with Gasteiger partial charge < -0.3 is 9.47 Å². The van der Waals surface area contributed by atoms with E-state index < -0.39 is 0 Å². The van der Waals surface area contributed by atoms with Gasteiger partial charge in [0.25, 0.3) is 0 Å². The Labute approximate surface area is 110 Å². The molecule has 0 atom stereocenters. The van der Waals surface area contributed by atoms with Crippen LogP contribution in [-0.4, -0.2) is 24.3 Å². The summed E-state index contributed by atoms with van der Waals surface area (Å²) < 4.78 is 10.6. The average molecular weight is 275 g/mol. The lowest BCUT2D eigenvalue weighted by Gasteiger charge is -2.10. The Morgan fingerprint density at radius 2 is 2.12 bits per heavy atom. The Morgan fingerprint density at radius 1 is 1.41 bits per heavy atom. The van der Waals surface area contributed by atoms with Crippen molar-refractivity contribution in [1.82, 2.24) is 4.98 Å². The summed E-state index contributed by atoms with van der Waals surface area (Å²) in [5.74, 6) is 0.182. The van der Waals surface area contributed by atoms with Crippen molar-refractivity contribution < 1.29 is 9.47 Å². The van der Waals surface area contributed by atoms with E-state index in [1.54, 1.807) is 0 Å². The summed E-state index contributed by atoms with van der Waals surface area (Å²) in [4.78, 5) is 7.17. The Hall–Kier alpha value is -1.02. The molecule has 0 spiro atoms. The largest absolute Gasteiger partial charge is 0.484 e. The molecule has 0 saturated heterocycles. The SMILES string of the molecule is [C-]#[N+]c1cc(Cl)c(Cl)nc1OCCOC(C)C. The predicted molar refractivity (Wildman–Crippen MR) is 67.1 cm³/mol. The molecule has 6 heteroatoms. The molecule has 0 aliphatic heterocycles. The number of hydrogen-bond donors (Lipinski definition) is 0. The number of nitrogens with zero attached hydrogens (tertiary/aromatic N) is 2. The summed E-state index contributed by atoms with van der Waals surface area (Å²) in [6.45, 7) is 11.6. The maximum atomic E-state index is 6.97. The standard InChI is InChI=1S/C11H12Cl2N2O2/c1-7(2)16-4-5-17-11-9(14-3)6-8(12)10(13)15-11/h6-7H,4-5H2,1-2H3. The van der Waals surface area contributed by atoms with Gasteiger partial charge in [-0.1, -0.05) is 23.2 Å². The minimum atomic E-state index is 0.124. The highest BCUT2D eigenvalue weighted by Crippen LogP contribution is 2.32. The van der Waals surface area contributed by atoms with Gasteiger partial charge in [-0.2, -0.15) is 0 Å². The van der Waals surface area contributed by atoms with Crippen molar-refractivity contribution in [3.05, 3.63) is 27.7 Å². The van der Waals surface area contributed by atoms with Crippen molar-refractivity contribution in [2.24, 2.45) is 0 Å². The van der Waals surface area contributed by atoms with Crippen LogP contribution in [0.4, 0.5) is 5.69 Å². The van der Waals surface area contributed by atoms with Crippen LogP contribution in [0.5, 0.6) is 5.88 Å². The molecule has 0 fully saturated rings. The Balaban J connectivity index is 2.64. The smallest absolute Gasteiger partial charge is 0.248 e. The van der Waals surface area contributed by atoms with Crippen molar-refractivity contribution in [2.75, 3.05) is 13.2 Å². The van der Waals surface area contributed by atoms with E-state index in [4.69, 9.17) is 39.2 Å². The van der Waals surface area contributed by atoms with Crippen LogP contribution in [0.15, 0.2) is 6.07 Å². The third-order valence-electron chi connectivity index (χ3n) is 1.77. The molecular formula is C11H12Cl2N2O2. The highest BCUT2D eigenvalue weighted by Gasteiger charge is 2.10. The summed E-state index contributed by atoms with van der Waals surface area (Å²) >= 11 is 11.5. The van der Waals surface area contributed by atoms with Gasteiger partial charge in [0.05, 0.1) is 24.3 Å². The first kappa shape index (κ1) is 14.0. The van der Waals surface area contributed by atoms with E-state index in [1.807, 2.05) is 13.8 Å².